The van der Waals surface area contributed by atoms with E-state index in [4.69, 9.17) is 14.4 Å². The van der Waals surface area contributed by atoms with Gasteiger partial charge in [0.15, 0.2) is 5.71 Å². The number of hydrogen-bond donors (Lipinski definition) is 0. The average molecular weight is 401 g/mol. The lowest BCUT2D eigenvalue weighted by molar-refractivity contribution is -0.132. The van der Waals surface area contributed by atoms with Crippen LogP contribution in [-0.4, -0.2) is 37.2 Å². The molecule has 0 saturated heterocycles. The first-order chi connectivity index (χ1) is 13.5. The molecule has 7 heteroatoms. The molecule has 2 rings (SSSR count). The Morgan fingerprint density at radius 3 is 2.46 bits per heavy atom. The van der Waals surface area contributed by atoms with Crippen molar-refractivity contribution in [3.05, 3.63) is 70.3 Å². The van der Waals surface area contributed by atoms with Crippen molar-refractivity contribution in [2.45, 2.75) is 20.5 Å². The summed E-state index contributed by atoms with van der Waals surface area (Å²) in [6, 6.07) is 13.6. The van der Waals surface area contributed by atoms with Crippen LogP contribution >= 0.6 is 11.8 Å². The highest BCUT2D eigenvalue weighted by Gasteiger charge is 2.20. The van der Waals surface area contributed by atoms with Crippen molar-refractivity contribution in [1.29, 1.82) is 0 Å². The minimum Gasteiger partial charge on any atom is -0.464 e. The molecule has 0 unspecified atom stereocenters. The van der Waals surface area contributed by atoms with Crippen LogP contribution in [-0.2, 0) is 25.8 Å². The molecule has 148 valence electrons. The maximum Gasteiger partial charge on any atom is 0.360 e. The summed E-state index contributed by atoms with van der Waals surface area (Å²) in [5.74, 6) is -0.582. The van der Waals surface area contributed by atoms with Gasteiger partial charge in [0.2, 0.25) is 0 Å². The molecule has 0 amide bonds. The van der Waals surface area contributed by atoms with Crippen LogP contribution in [0.5, 0.6) is 0 Å². The van der Waals surface area contributed by atoms with Crippen LogP contribution in [0.15, 0.2) is 52.8 Å². The minimum atomic E-state index is -0.582. The number of carbonyl (C=O) groups is 1. The van der Waals surface area contributed by atoms with E-state index in [-0.39, 0.29) is 12.3 Å². The Morgan fingerprint density at radius 1 is 1.07 bits per heavy atom. The predicted molar refractivity (Wildman–Crippen MR) is 113 cm³/mol. The molecule has 0 atom stereocenters. The second-order valence-corrected chi connectivity index (χ2v) is 6.75. The van der Waals surface area contributed by atoms with Crippen molar-refractivity contribution in [3.8, 4) is 0 Å². The smallest absolute Gasteiger partial charge is 0.360 e. The Hall–Kier alpha value is -2.80. The van der Waals surface area contributed by atoms with Gasteiger partial charge in [0.25, 0.3) is 0 Å². The Bertz CT molecular complexity index is 894. The Balaban J connectivity index is 2.31. The number of esters is 1. The van der Waals surface area contributed by atoms with Gasteiger partial charge in [-0.15, -0.1) is 11.8 Å². The molecule has 0 radical (unpaired) electrons. The third kappa shape index (κ3) is 5.36. The minimum absolute atomic E-state index is 0.0834. The number of ether oxygens (including phenoxy) is 1. The van der Waals surface area contributed by atoms with Gasteiger partial charge < -0.3 is 14.4 Å². The van der Waals surface area contributed by atoms with Crippen molar-refractivity contribution in [3.63, 3.8) is 0 Å². The zero-order valence-corrected chi connectivity index (χ0v) is 17.5. The number of nitrogens with zero attached hydrogens (tertiary/aromatic N) is 2. The third-order valence-corrected chi connectivity index (χ3v) is 4.74. The molecule has 6 nitrogen and oxygen atoms in total. The van der Waals surface area contributed by atoms with Crippen molar-refractivity contribution >= 4 is 28.5 Å². The summed E-state index contributed by atoms with van der Waals surface area (Å²) in [7, 11) is 2.68. The number of methoxy groups -OCH3 is 1. The van der Waals surface area contributed by atoms with Gasteiger partial charge in [-0.3, -0.25) is 0 Å². The lowest BCUT2D eigenvalue weighted by Crippen LogP contribution is -2.20. The van der Waals surface area contributed by atoms with E-state index in [0.717, 1.165) is 27.3 Å². The number of hydrogen-bond acceptors (Lipinski definition) is 7. The Labute approximate surface area is 169 Å². The molecule has 0 bridgehead atoms. The van der Waals surface area contributed by atoms with Crippen molar-refractivity contribution in [1.82, 2.24) is 0 Å². The van der Waals surface area contributed by atoms with Gasteiger partial charge >= 0.3 is 5.97 Å². The van der Waals surface area contributed by atoms with Gasteiger partial charge in [-0.2, -0.15) is 0 Å². The highest BCUT2D eigenvalue weighted by atomic mass is 32.2. The molecule has 0 saturated carbocycles. The summed E-state index contributed by atoms with van der Waals surface area (Å²) in [6.07, 6.45) is 1.95. The fraction of sp³-hybridized carbons (Fsp3) is 0.286. The van der Waals surface area contributed by atoms with Crippen LogP contribution in [0.3, 0.4) is 0 Å². The van der Waals surface area contributed by atoms with E-state index < -0.39 is 5.97 Å². The van der Waals surface area contributed by atoms with E-state index >= 15 is 0 Å². The topological polar surface area (TPSA) is 69.5 Å². The molecule has 2 aromatic rings. The highest BCUT2D eigenvalue weighted by molar-refractivity contribution is 8.13. The standard InChI is InChI=1S/C21H24N2O4S/c1-14-8-6-10-16(12-14)20(28-5)23-27-13-18-15(2)9-7-11-17(18)19(22-26-4)21(24)25-3/h6-12H,13H2,1-5H3/b22-19+,23-20-. The van der Waals surface area contributed by atoms with Crippen LogP contribution in [0.2, 0.25) is 0 Å². The number of aryl methyl sites for hydroxylation is 2. The maximum atomic E-state index is 12.1. The molecule has 0 aliphatic carbocycles. The number of thioether (sulfide) groups is 1. The molecule has 0 heterocycles. The van der Waals surface area contributed by atoms with Crippen LogP contribution in [0, 0.1) is 13.8 Å². The zero-order valence-electron chi connectivity index (χ0n) is 16.7. The fourth-order valence-corrected chi connectivity index (χ4v) is 3.13. The lowest BCUT2D eigenvalue weighted by atomic mass is 9.99. The highest BCUT2D eigenvalue weighted by Crippen LogP contribution is 2.19. The summed E-state index contributed by atoms with van der Waals surface area (Å²) >= 11 is 1.51. The van der Waals surface area contributed by atoms with Crippen LogP contribution in [0.4, 0.5) is 0 Å². The number of oxime groups is 2. The Morgan fingerprint density at radius 2 is 1.82 bits per heavy atom. The lowest BCUT2D eigenvalue weighted by Gasteiger charge is -2.13. The molecular weight excluding hydrogens is 376 g/mol. The first-order valence-corrected chi connectivity index (χ1v) is 9.83. The molecule has 28 heavy (non-hydrogen) atoms. The molecule has 0 N–H and O–H groups in total. The molecule has 0 aromatic heterocycles. The summed E-state index contributed by atoms with van der Waals surface area (Å²) in [6.45, 7) is 4.15. The molecule has 0 aliphatic rings. The van der Waals surface area contributed by atoms with Gasteiger partial charge in [0.05, 0.1) is 7.11 Å². The number of carbonyl (C=O) groups excluding carboxylic acids is 1. The maximum absolute atomic E-state index is 12.1. The summed E-state index contributed by atoms with van der Waals surface area (Å²) in [5.41, 5.74) is 4.55. The SMILES string of the molecule is CO/N=C(/C(=O)OC)c1cccc(C)c1CO/N=C(\SC)c1cccc(C)c1. The van der Waals surface area contributed by atoms with E-state index in [9.17, 15) is 4.79 Å². The quantitative estimate of drug-likeness (QED) is 0.303. The molecule has 0 spiro atoms. The van der Waals surface area contributed by atoms with E-state index in [2.05, 4.69) is 16.4 Å². The Kier molecular flexibility index (Phi) is 8.07. The van der Waals surface area contributed by atoms with E-state index in [0.29, 0.717) is 5.56 Å². The number of rotatable bonds is 7. The summed E-state index contributed by atoms with van der Waals surface area (Å²) in [5, 5.41) is 8.90. The normalized spacial score (nSPS) is 11.9. The van der Waals surface area contributed by atoms with E-state index in [1.807, 2.05) is 50.4 Å². The van der Waals surface area contributed by atoms with Gasteiger partial charge in [-0.25, -0.2) is 4.79 Å². The van der Waals surface area contributed by atoms with E-state index in [1.54, 1.807) is 6.07 Å². The monoisotopic (exact) mass is 400 g/mol. The zero-order chi connectivity index (χ0) is 20.5. The van der Waals surface area contributed by atoms with Gasteiger partial charge in [0.1, 0.15) is 18.8 Å². The van der Waals surface area contributed by atoms with Gasteiger partial charge in [-0.1, -0.05) is 52.3 Å². The van der Waals surface area contributed by atoms with Crippen molar-refractivity contribution in [2.75, 3.05) is 20.5 Å². The molecular formula is C21H24N2O4S. The molecule has 0 fully saturated rings. The first kappa shape index (κ1) is 21.5. The average Bonchev–Trinajstić information content (AvgIpc) is 2.70. The van der Waals surface area contributed by atoms with E-state index in [1.165, 1.54) is 26.0 Å². The largest absolute Gasteiger partial charge is 0.464 e. The first-order valence-electron chi connectivity index (χ1n) is 8.61. The predicted octanol–water partition coefficient (Wildman–Crippen LogP) is 4.07. The van der Waals surface area contributed by atoms with Crippen LogP contribution in [0.1, 0.15) is 27.8 Å². The van der Waals surface area contributed by atoms with Gasteiger partial charge in [0, 0.05) is 16.7 Å². The van der Waals surface area contributed by atoms with Crippen LogP contribution in [0.25, 0.3) is 0 Å². The second-order valence-electron chi connectivity index (χ2n) is 5.96. The van der Waals surface area contributed by atoms with Crippen molar-refractivity contribution in [2.24, 2.45) is 10.3 Å². The molecule has 2 aromatic carbocycles. The summed E-state index contributed by atoms with van der Waals surface area (Å²) in [4.78, 5) is 22.6. The number of benzene rings is 2. The molecule has 0 aliphatic heterocycles. The van der Waals surface area contributed by atoms with Gasteiger partial charge in [-0.05, 0) is 31.7 Å². The van der Waals surface area contributed by atoms with Crippen LogP contribution < -0.4 is 0 Å². The summed E-state index contributed by atoms with van der Waals surface area (Å²) < 4.78 is 4.82. The van der Waals surface area contributed by atoms with Crippen molar-refractivity contribution < 1.29 is 19.2 Å². The third-order valence-electron chi connectivity index (χ3n) is 4.04. The second kappa shape index (κ2) is 10.5. The fourth-order valence-electron chi connectivity index (χ4n) is 2.64.